The SMILES string of the molecule is NC(=NCC(c1ccc(C(F)(F)F)cc1)N1CCOCC1)NC1CCCCC1. The van der Waals surface area contributed by atoms with E-state index in [1.54, 1.807) is 12.1 Å². The molecule has 0 amide bonds. The summed E-state index contributed by atoms with van der Waals surface area (Å²) < 4.78 is 44.0. The molecule has 1 heterocycles. The van der Waals surface area contributed by atoms with Crippen LogP contribution in [0.1, 0.15) is 49.3 Å². The van der Waals surface area contributed by atoms with Gasteiger partial charge in [0, 0.05) is 19.1 Å². The summed E-state index contributed by atoms with van der Waals surface area (Å²) in [6, 6.07) is 5.60. The number of hydrogen-bond donors (Lipinski definition) is 2. The van der Waals surface area contributed by atoms with Crippen LogP contribution in [0.2, 0.25) is 0 Å². The van der Waals surface area contributed by atoms with Crippen LogP contribution in [0, 0.1) is 0 Å². The molecule has 5 nitrogen and oxygen atoms in total. The number of nitrogens with one attached hydrogen (secondary N) is 1. The molecule has 28 heavy (non-hydrogen) atoms. The van der Waals surface area contributed by atoms with Gasteiger partial charge in [-0.25, -0.2) is 0 Å². The highest BCUT2D eigenvalue weighted by Crippen LogP contribution is 2.31. The smallest absolute Gasteiger partial charge is 0.379 e. The van der Waals surface area contributed by atoms with Gasteiger partial charge in [-0.1, -0.05) is 31.4 Å². The fourth-order valence-corrected chi connectivity index (χ4v) is 3.90. The van der Waals surface area contributed by atoms with Gasteiger partial charge in [-0.05, 0) is 30.5 Å². The Labute approximate surface area is 164 Å². The van der Waals surface area contributed by atoms with Crippen LogP contribution in [0.3, 0.4) is 0 Å². The quantitative estimate of drug-likeness (QED) is 0.590. The van der Waals surface area contributed by atoms with Gasteiger partial charge in [0.05, 0.1) is 31.4 Å². The van der Waals surface area contributed by atoms with Gasteiger partial charge in [-0.15, -0.1) is 0 Å². The average molecular weight is 398 g/mol. The van der Waals surface area contributed by atoms with E-state index in [0.29, 0.717) is 31.8 Å². The lowest BCUT2D eigenvalue weighted by Crippen LogP contribution is -2.43. The van der Waals surface area contributed by atoms with Crippen LogP contribution in [-0.4, -0.2) is 49.7 Å². The molecule has 8 heteroatoms. The van der Waals surface area contributed by atoms with E-state index in [4.69, 9.17) is 10.5 Å². The van der Waals surface area contributed by atoms with Crippen molar-refractivity contribution < 1.29 is 17.9 Å². The standard InChI is InChI=1S/C20H29F3N4O/c21-20(22,23)16-8-6-15(7-9-16)18(27-10-12-28-13-11-27)14-25-19(24)26-17-4-2-1-3-5-17/h6-9,17-18H,1-5,10-14H2,(H3,24,25,26). The lowest BCUT2D eigenvalue weighted by molar-refractivity contribution is -0.137. The molecule has 1 unspecified atom stereocenters. The van der Waals surface area contributed by atoms with Crippen LogP contribution < -0.4 is 11.1 Å². The summed E-state index contributed by atoms with van der Waals surface area (Å²) in [5, 5.41) is 3.29. The van der Waals surface area contributed by atoms with E-state index < -0.39 is 11.7 Å². The Balaban J connectivity index is 1.70. The Morgan fingerprint density at radius 1 is 1.14 bits per heavy atom. The van der Waals surface area contributed by atoms with Gasteiger partial charge >= 0.3 is 6.18 Å². The topological polar surface area (TPSA) is 62.9 Å². The van der Waals surface area contributed by atoms with E-state index in [-0.39, 0.29) is 6.04 Å². The van der Waals surface area contributed by atoms with Crippen LogP contribution >= 0.6 is 0 Å². The molecule has 1 saturated heterocycles. The van der Waals surface area contributed by atoms with Crippen molar-refractivity contribution in [2.45, 2.75) is 50.4 Å². The van der Waals surface area contributed by atoms with Crippen molar-refractivity contribution in [1.82, 2.24) is 10.2 Å². The summed E-state index contributed by atoms with van der Waals surface area (Å²) in [4.78, 5) is 6.72. The largest absolute Gasteiger partial charge is 0.416 e. The zero-order valence-corrected chi connectivity index (χ0v) is 16.0. The number of ether oxygens (including phenoxy) is 1. The van der Waals surface area contributed by atoms with Gasteiger partial charge in [0.15, 0.2) is 5.96 Å². The number of rotatable bonds is 5. The van der Waals surface area contributed by atoms with Gasteiger partial charge in [0.2, 0.25) is 0 Å². The number of nitrogens with two attached hydrogens (primary N) is 1. The van der Waals surface area contributed by atoms with Crippen molar-refractivity contribution in [2.75, 3.05) is 32.8 Å². The maximum Gasteiger partial charge on any atom is 0.416 e. The number of morpholine rings is 1. The third-order valence-corrected chi connectivity index (χ3v) is 5.50. The lowest BCUT2D eigenvalue weighted by atomic mass is 9.96. The summed E-state index contributed by atoms with van der Waals surface area (Å²) in [6.07, 6.45) is 1.53. The molecule has 156 valence electrons. The van der Waals surface area contributed by atoms with Crippen molar-refractivity contribution in [2.24, 2.45) is 10.7 Å². The van der Waals surface area contributed by atoms with Gasteiger partial charge in [0.1, 0.15) is 0 Å². The van der Waals surface area contributed by atoms with Crippen molar-refractivity contribution in [3.8, 4) is 0 Å². The Kier molecular flexibility index (Phi) is 7.18. The molecular weight excluding hydrogens is 369 g/mol. The van der Waals surface area contributed by atoms with E-state index in [2.05, 4.69) is 15.2 Å². The molecule has 3 rings (SSSR count). The monoisotopic (exact) mass is 398 g/mol. The number of hydrogen-bond acceptors (Lipinski definition) is 3. The van der Waals surface area contributed by atoms with Gasteiger partial charge in [-0.3, -0.25) is 9.89 Å². The number of nitrogens with zero attached hydrogens (tertiary/aromatic N) is 2. The molecule has 1 aromatic rings. The van der Waals surface area contributed by atoms with Crippen LogP contribution in [0.15, 0.2) is 29.3 Å². The molecular formula is C20H29F3N4O. The lowest BCUT2D eigenvalue weighted by Gasteiger charge is -2.34. The fraction of sp³-hybridized carbons (Fsp3) is 0.650. The fourth-order valence-electron chi connectivity index (χ4n) is 3.90. The van der Waals surface area contributed by atoms with Crippen LogP contribution in [-0.2, 0) is 10.9 Å². The number of guanidine groups is 1. The number of halogens is 3. The summed E-state index contributed by atoms with van der Waals surface area (Å²) in [5.41, 5.74) is 6.26. The molecule has 0 bridgehead atoms. The molecule has 0 aromatic heterocycles. The summed E-state index contributed by atoms with van der Waals surface area (Å²) in [7, 11) is 0. The summed E-state index contributed by atoms with van der Waals surface area (Å²) in [6.45, 7) is 3.05. The number of benzene rings is 1. The number of aliphatic imine (C=N–C) groups is 1. The molecule has 1 aliphatic heterocycles. The first-order valence-corrected chi connectivity index (χ1v) is 9.99. The minimum absolute atomic E-state index is 0.127. The third-order valence-electron chi connectivity index (χ3n) is 5.50. The molecule has 3 N–H and O–H groups in total. The zero-order chi connectivity index (χ0) is 20.0. The maximum absolute atomic E-state index is 12.9. The van der Waals surface area contributed by atoms with Crippen molar-refractivity contribution in [3.05, 3.63) is 35.4 Å². The summed E-state index contributed by atoms with van der Waals surface area (Å²) >= 11 is 0. The minimum atomic E-state index is -4.33. The molecule has 1 aliphatic carbocycles. The van der Waals surface area contributed by atoms with Gasteiger partial charge in [0.25, 0.3) is 0 Å². The van der Waals surface area contributed by atoms with Crippen molar-refractivity contribution in [3.63, 3.8) is 0 Å². The van der Waals surface area contributed by atoms with E-state index >= 15 is 0 Å². The Morgan fingerprint density at radius 2 is 1.79 bits per heavy atom. The van der Waals surface area contributed by atoms with E-state index in [9.17, 15) is 13.2 Å². The number of alkyl halides is 3. The van der Waals surface area contributed by atoms with Crippen molar-refractivity contribution >= 4 is 5.96 Å². The molecule has 1 atom stereocenters. The first-order chi connectivity index (χ1) is 13.4. The maximum atomic E-state index is 12.9. The van der Waals surface area contributed by atoms with Gasteiger partial charge < -0.3 is 15.8 Å². The first kappa shape index (κ1) is 20.9. The van der Waals surface area contributed by atoms with Crippen LogP contribution in [0.5, 0.6) is 0 Å². The van der Waals surface area contributed by atoms with E-state index in [0.717, 1.165) is 43.6 Å². The molecule has 0 radical (unpaired) electrons. The molecule has 1 saturated carbocycles. The first-order valence-electron chi connectivity index (χ1n) is 9.99. The average Bonchev–Trinajstić information content (AvgIpc) is 2.69. The Morgan fingerprint density at radius 3 is 2.39 bits per heavy atom. The highest BCUT2D eigenvalue weighted by atomic mass is 19.4. The highest BCUT2D eigenvalue weighted by Gasteiger charge is 2.31. The second-order valence-electron chi connectivity index (χ2n) is 7.49. The molecule has 2 aliphatic rings. The molecule has 0 spiro atoms. The predicted molar refractivity (Wildman–Crippen MR) is 103 cm³/mol. The zero-order valence-electron chi connectivity index (χ0n) is 16.0. The predicted octanol–water partition coefficient (Wildman–Crippen LogP) is 3.32. The Hall–Kier alpha value is -1.80. The van der Waals surface area contributed by atoms with E-state index in [1.807, 2.05) is 0 Å². The van der Waals surface area contributed by atoms with Gasteiger partial charge in [-0.2, -0.15) is 13.2 Å². The molecule has 1 aromatic carbocycles. The highest BCUT2D eigenvalue weighted by molar-refractivity contribution is 5.78. The third kappa shape index (κ3) is 5.85. The second-order valence-corrected chi connectivity index (χ2v) is 7.49. The molecule has 2 fully saturated rings. The normalized spacial score (nSPS) is 21.5. The van der Waals surface area contributed by atoms with Crippen LogP contribution in [0.4, 0.5) is 13.2 Å². The van der Waals surface area contributed by atoms with Crippen LogP contribution in [0.25, 0.3) is 0 Å². The second kappa shape index (κ2) is 9.60. The summed E-state index contributed by atoms with van der Waals surface area (Å²) in [5.74, 6) is 0.414. The van der Waals surface area contributed by atoms with E-state index in [1.165, 1.54) is 19.3 Å². The minimum Gasteiger partial charge on any atom is -0.379 e. The van der Waals surface area contributed by atoms with Crippen molar-refractivity contribution in [1.29, 1.82) is 0 Å². The Bertz CT molecular complexity index is 636.